The minimum absolute atomic E-state index is 0.120. The molecule has 0 aliphatic carbocycles. The van der Waals surface area contributed by atoms with Crippen LogP contribution in [0.5, 0.6) is 0 Å². The van der Waals surface area contributed by atoms with Crippen LogP contribution in [0.3, 0.4) is 0 Å². The fraction of sp³-hybridized carbons (Fsp3) is 0.400. The third-order valence-electron chi connectivity index (χ3n) is 3.75. The number of ether oxygens (including phenoxy) is 1. The number of ketones is 1. The maximum absolute atomic E-state index is 12.6. The van der Waals surface area contributed by atoms with Crippen LogP contribution in [-0.2, 0) is 11.2 Å². The minimum Gasteiger partial charge on any atom is -0.379 e. The Balaban J connectivity index is 1.90. The van der Waals surface area contributed by atoms with Gasteiger partial charge in [0, 0.05) is 35.2 Å². The van der Waals surface area contributed by atoms with E-state index in [0.29, 0.717) is 30.5 Å². The monoisotopic (exact) mass is 312 g/mol. The molecule has 1 aromatic heterocycles. The summed E-state index contributed by atoms with van der Waals surface area (Å²) in [5.74, 6) is -1.82. The maximum Gasteiger partial charge on any atom is 0.454 e. The van der Waals surface area contributed by atoms with Gasteiger partial charge in [0.2, 0.25) is 0 Å². The molecule has 22 heavy (non-hydrogen) atoms. The van der Waals surface area contributed by atoms with Gasteiger partial charge in [0.25, 0.3) is 5.78 Å². The second-order valence-corrected chi connectivity index (χ2v) is 5.33. The summed E-state index contributed by atoms with van der Waals surface area (Å²) in [6.45, 7) is 1.98. The number of aromatic nitrogens is 1. The zero-order chi connectivity index (χ0) is 15.7. The van der Waals surface area contributed by atoms with Crippen molar-refractivity contribution in [1.29, 1.82) is 0 Å². The fourth-order valence-electron chi connectivity index (χ4n) is 2.67. The van der Waals surface area contributed by atoms with Crippen LogP contribution in [-0.4, -0.2) is 42.7 Å². The molecule has 0 bridgehead atoms. The Morgan fingerprint density at radius 2 is 2.18 bits per heavy atom. The van der Waals surface area contributed by atoms with Gasteiger partial charge in [-0.15, -0.1) is 0 Å². The molecule has 1 atom stereocenters. The van der Waals surface area contributed by atoms with E-state index < -0.39 is 12.0 Å². The molecule has 3 rings (SSSR count). The van der Waals surface area contributed by atoms with E-state index >= 15 is 0 Å². The van der Waals surface area contributed by atoms with E-state index in [1.54, 1.807) is 6.20 Å². The molecule has 0 unspecified atom stereocenters. The van der Waals surface area contributed by atoms with Gasteiger partial charge in [-0.2, -0.15) is 13.2 Å². The Kier molecular flexibility index (Phi) is 3.92. The van der Waals surface area contributed by atoms with Gasteiger partial charge in [0.1, 0.15) is 0 Å². The van der Waals surface area contributed by atoms with Crippen molar-refractivity contribution < 1.29 is 22.7 Å². The molecule has 2 aromatic rings. The van der Waals surface area contributed by atoms with Crippen molar-refractivity contribution >= 4 is 16.7 Å². The lowest BCUT2D eigenvalue weighted by Crippen LogP contribution is -2.42. The largest absolute Gasteiger partial charge is 0.454 e. The van der Waals surface area contributed by atoms with E-state index in [1.165, 1.54) is 18.2 Å². The lowest BCUT2D eigenvalue weighted by molar-refractivity contribution is -0.0885. The van der Waals surface area contributed by atoms with Crippen molar-refractivity contribution in [2.45, 2.75) is 18.6 Å². The fourth-order valence-corrected chi connectivity index (χ4v) is 2.67. The highest BCUT2D eigenvalue weighted by Crippen LogP contribution is 2.26. The number of carbonyl (C=O) groups is 1. The van der Waals surface area contributed by atoms with Crippen molar-refractivity contribution in [3.8, 4) is 0 Å². The normalized spacial score (nSPS) is 19.5. The van der Waals surface area contributed by atoms with Gasteiger partial charge in [0.05, 0.1) is 13.2 Å². The molecule has 1 aliphatic heterocycles. The Morgan fingerprint density at radius 1 is 1.36 bits per heavy atom. The van der Waals surface area contributed by atoms with Crippen LogP contribution in [0.25, 0.3) is 10.9 Å². The molecule has 0 radical (unpaired) electrons. The summed E-state index contributed by atoms with van der Waals surface area (Å²) in [4.78, 5) is 14.4. The van der Waals surface area contributed by atoms with Gasteiger partial charge in [-0.3, -0.25) is 4.79 Å². The summed E-state index contributed by atoms with van der Waals surface area (Å²) in [6, 6.07) is 4.12. The second kappa shape index (κ2) is 5.73. The molecule has 2 N–H and O–H groups in total. The molecule has 1 saturated heterocycles. The van der Waals surface area contributed by atoms with Crippen LogP contribution in [0.15, 0.2) is 24.4 Å². The Hall–Kier alpha value is -1.86. The van der Waals surface area contributed by atoms with E-state index in [4.69, 9.17) is 4.74 Å². The first-order chi connectivity index (χ1) is 10.4. The quantitative estimate of drug-likeness (QED) is 0.856. The number of aromatic amines is 1. The molecule has 7 heteroatoms. The number of H-pyrrole nitrogens is 1. The zero-order valence-electron chi connectivity index (χ0n) is 11.7. The zero-order valence-corrected chi connectivity index (χ0v) is 11.7. The number of fused-ring (bicyclic) bond motifs is 1. The molecule has 0 saturated carbocycles. The number of alkyl halides is 3. The molecule has 0 amide bonds. The molecule has 1 aliphatic rings. The van der Waals surface area contributed by atoms with E-state index in [2.05, 4.69) is 10.3 Å². The van der Waals surface area contributed by atoms with Crippen molar-refractivity contribution in [1.82, 2.24) is 10.3 Å². The summed E-state index contributed by atoms with van der Waals surface area (Å²) < 4.78 is 43.0. The van der Waals surface area contributed by atoms with Gasteiger partial charge >= 0.3 is 6.18 Å². The summed E-state index contributed by atoms with van der Waals surface area (Å²) in [5, 5.41) is 3.94. The summed E-state index contributed by atoms with van der Waals surface area (Å²) in [7, 11) is 0. The first kappa shape index (κ1) is 15.1. The van der Waals surface area contributed by atoms with Crippen LogP contribution < -0.4 is 5.32 Å². The average Bonchev–Trinajstić information content (AvgIpc) is 2.89. The molecule has 0 spiro atoms. The van der Waals surface area contributed by atoms with Crippen LogP contribution >= 0.6 is 0 Å². The lowest BCUT2D eigenvalue weighted by Gasteiger charge is -2.23. The molecule has 4 nitrogen and oxygen atoms in total. The highest BCUT2D eigenvalue weighted by Gasteiger charge is 2.39. The molecular formula is C15H15F3N2O2. The highest BCUT2D eigenvalue weighted by molar-refractivity contribution is 6.03. The van der Waals surface area contributed by atoms with Crippen molar-refractivity contribution in [2.24, 2.45) is 0 Å². The number of halogens is 3. The number of hydrogen-bond donors (Lipinski definition) is 2. The van der Waals surface area contributed by atoms with E-state index in [0.717, 1.165) is 12.1 Å². The average molecular weight is 312 g/mol. The molecule has 1 aromatic carbocycles. The maximum atomic E-state index is 12.6. The number of rotatable bonds is 3. The molecular weight excluding hydrogens is 297 g/mol. The topological polar surface area (TPSA) is 54.1 Å². The van der Waals surface area contributed by atoms with Gasteiger partial charge in [-0.1, -0.05) is 0 Å². The van der Waals surface area contributed by atoms with Crippen molar-refractivity contribution in [3.63, 3.8) is 0 Å². The van der Waals surface area contributed by atoms with Crippen molar-refractivity contribution in [2.75, 3.05) is 19.8 Å². The summed E-state index contributed by atoms with van der Waals surface area (Å²) >= 11 is 0. The number of morpholine rings is 1. The van der Waals surface area contributed by atoms with Gasteiger partial charge in [-0.25, -0.2) is 0 Å². The summed E-state index contributed by atoms with van der Waals surface area (Å²) in [6.07, 6.45) is -2.46. The van der Waals surface area contributed by atoms with E-state index in [1.807, 2.05) is 0 Å². The summed E-state index contributed by atoms with van der Waals surface area (Å²) in [5.41, 5.74) is 1.24. The van der Waals surface area contributed by atoms with E-state index in [9.17, 15) is 18.0 Å². The Bertz CT molecular complexity index is 688. The number of Topliss-reactive ketones (excluding diaryl/α,β-unsaturated/α-hetero) is 1. The predicted octanol–water partition coefficient (Wildman–Crippen LogP) is 2.44. The predicted molar refractivity (Wildman–Crippen MR) is 75.0 cm³/mol. The van der Waals surface area contributed by atoms with Crippen LogP contribution in [0.1, 0.15) is 15.9 Å². The lowest BCUT2D eigenvalue weighted by atomic mass is 10.0. The van der Waals surface area contributed by atoms with Crippen molar-refractivity contribution in [3.05, 3.63) is 35.5 Å². The van der Waals surface area contributed by atoms with Gasteiger partial charge in [0.15, 0.2) is 0 Å². The standard InChI is InChI=1S/C15H15F3N2O2/c16-15(17,18)14(21)9-1-2-13-12(6-9)10(7-20-13)5-11-8-22-4-3-19-11/h1-2,6-7,11,19-20H,3-5,8H2/t11-/m0/s1. The number of benzene rings is 1. The third kappa shape index (κ3) is 3.00. The first-order valence-electron chi connectivity index (χ1n) is 6.98. The van der Waals surface area contributed by atoms with Crippen LogP contribution in [0, 0.1) is 0 Å². The molecule has 2 heterocycles. The third-order valence-corrected chi connectivity index (χ3v) is 3.75. The smallest absolute Gasteiger partial charge is 0.379 e. The number of hydrogen-bond acceptors (Lipinski definition) is 3. The number of carbonyl (C=O) groups excluding carboxylic acids is 1. The number of nitrogens with one attached hydrogen (secondary N) is 2. The molecule has 1 fully saturated rings. The first-order valence-corrected chi connectivity index (χ1v) is 6.98. The van der Waals surface area contributed by atoms with Gasteiger partial charge in [-0.05, 0) is 30.2 Å². The highest BCUT2D eigenvalue weighted by atomic mass is 19.4. The second-order valence-electron chi connectivity index (χ2n) is 5.33. The minimum atomic E-state index is -4.86. The van der Waals surface area contributed by atoms with Gasteiger partial charge < -0.3 is 15.0 Å². The van der Waals surface area contributed by atoms with Crippen LogP contribution in [0.2, 0.25) is 0 Å². The Morgan fingerprint density at radius 3 is 2.86 bits per heavy atom. The Labute approximate surface area is 124 Å². The van der Waals surface area contributed by atoms with Crippen LogP contribution in [0.4, 0.5) is 13.2 Å². The van der Waals surface area contributed by atoms with E-state index in [-0.39, 0.29) is 11.6 Å². The SMILES string of the molecule is O=C(c1ccc2[nH]cc(C[C@H]3COCCN3)c2c1)C(F)(F)F. The molecule has 118 valence electrons.